The van der Waals surface area contributed by atoms with Crippen molar-refractivity contribution in [1.82, 2.24) is 0 Å². The van der Waals surface area contributed by atoms with Gasteiger partial charge in [-0.3, -0.25) is 0 Å². The molecule has 2 aromatic rings. The fraction of sp³-hybridized carbons (Fsp3) is 0.455. The minimum absolute atomic E-state index is 0.222. The third-order valence-corrected chi connectivity index (χ3v) is 8.61. The Labute approximate surface area is 156 Å². The predicted molar refractivity (Wildman–Crippen MR) is 108 cm³/mol. The number of epoxide rings is 1. The first-order valence-corrected chi connectivity index (χ1v) is 11.4. The molecule has 1 fully saturated rings. The van der Waals surface area contributed by atoms with Crippen LogP contribution in [-0.4, -0.2) is 29.1 Å². The summed E-state index contributed by atoms with van der Waals surface area (Å²) in [5, 5.41) is 12.2. The lowest BCUT2D eigenvalue weighted by Gasteiger charge is -2.22. The van der Waals surface area contributed by atoms with E-state index in [9.17, 15) is 9.67 Å². The van der Waals surface area contributed by atoms with Crippen molar-refractivity contribution in [2.24, 2.45) is 0 Å². The molecule has 1 saturated heterocycles. The zero-order valence-electron chi connectivity index (χ0n) is 15.7. The van der Waals surface area contributed by atoms with Crippen LogP contribution in [0, 0.1) is 0 Å². The minimum Gasteiger partial charge on any atom is -0.390 e. The van der Waals surface area contributed by atoms with E-state index in [1.165, 1.54) is 0 Å². The quantitative estimate of drug-likeness (QED) is 0.410. The third kappa shape index (κ3) is 4.11. The van der Waals surface area contributed by atoms with Gasteiger partial charge in [0.05, 0.1) is 6.10 Å². The Morgan fingerprint density at radius 3 is 2.08 bits per heavy atom. The van der Waals surface area contributed by atoms with Gasteiger partial charge in [-0.1, -0.05) is 86.8 Å². The summed E-state index contributed by atoms with van der Waals surface area (Å²) in [7, 11) is -2.83. The lowest BCUT2D eigenvalue weighted by Crippen LogP contribution is -2.30. The molecular weight excluding hydrogens is 343 g/mol. The second kappa shape index (κ2) is 8.08. The van der Waals surface area contributed by atoms with Crippen molar-refractivity contribution in [2.45, 2.75) is 57.3 Å². The number of aliphatic hydroxyl groups excluding tert-OH is 1. The van der Waals surface area contributed by atoms with Gasteiger partial charge in [-0.05, 0) is 13.3 Å². The van der Waals surface area contributed by atoms with Crippen molar-refractivity contribution in [3.63, 3.8) is 0 Å². The summed E-state index contributed by atoms with van der Waals surface area (Å²) in [6, 6.07) is 19.3. The first-order chi connectivity index (χ1) is 12.5. The van der Waals surface area contributed by atoms with Crippen molar-refractivity contribution in [2.75, 3.05) is 6.16 Å². The highest BCUT2D eigenvalue weighted by Crippen LogP contribution is 2.53. The Hall–Kier alpha value is -1.41. The first kappa shape index (κ1) is 19.4. The maximum atomic E-state index is 14.1. The molecule has 4 heteroatoms. The van der Waals surface area contributed by atoms with E-state index >= 15 is 0 Å². The second-order valence-electron chi connectivity index (χ2n) is 7.48. The van der Waals surface area contributed by atoms with E-state index in [-0.39, 0.29) is 6.10 Å². The Morgan fingerprint density at radius 1 is 1.04 bits per heavy atom. The molecule has 3 atom stereocenters. The van der Waals surface area contributed by atoms with E-state index in [0.717, 1.165) is 36.3 Å². The third-order valence-electron chi connectivity index (χ3n) is 5.28. The molecule has 1 aliphatic rings. The molecule has 0 amide bonds. The van der Waals surface area contributed by atoms with Crippen LogP contribution in [0.3, 0.4) is 0 Å². The average molecular weight is 372 g/mol. The van der Waals surface area contributed by atoms with Gasteiger partial charge < -0.3 is 14.4 Å². The summed E-state index contributed by atoms with van der Waals surface area (Å²) >= 11 is 0. The Morgan fingerprint density at radius 2 is 1.58 bits per heavy atom. The predicted octanol–water partition coefficient (Wildman–Crippen LogP) is 4.10. The zero-order valence-corrected chi connectivity index (χ0v) is 16.6. The molecule has 1 heterocycles. The molecule has 3 rings (SSSR count). The van der Waals surface area contributed by atoms with Gasteiger partial charge in [0.1, 0.15) is 18.8 Å². The van der Waals surface area contributed by atoms with Crippen molar-refractivity contribution in [3.8, 4) is 0 Å². The Kier molecular flexibility index (Phi) is 6.02. The van der Waals surface area contributed by atoms with E-state index in [0.29, 0.717) is 6.16 Å². The number of ether oxygens (including phenoxy) is 1. The molecule has 0 spiro atoms. The molecule has 1 aliphatic heterocycles. The van der Waals surface area contributed by atoms with Gasteiger partial charge in [0, 0.05) is 16.8 Å². The molecule has 140 valence electrons. The van der Waals surface area contributed by atoms with E-state index in [2.05, 4.69) is 6.92 Å². The Balaban J connectivity index is 1.81. The van der Waals surface area contributed by atoms with Crippen LogP contribution in [0.1, 0.15) is 39.5 Å². The molecule has 0 saturated carbocycles. The number of hydrogen-bond acceptors (Lipinski definition) is 3. The second-order valence-corrected chi connectivity index (χ2v) is 10.3. The molecule has 1 N–H and O–H groups in total. The Bertz CT molecular complexity index is 703. The van der Waals surface area contributed by atoms with Crippen LogP contribution in [0.2, 0.25) is 0 Å². The first-order valence-electron chi connectivity index (χ1n) is 9.56. The van der Waals surface area contributed by atoms with Crippen molar-refractivity contribution in [1.29, 1.82) is 0 Å². The molecule has 0 unspecified atom stereocenters. The lowest BCUT2D eigenvalue weighted by atomic mass is 10.0. The molecule has 0 aliphatic carbocycles. The largest absolute Gasteiger partial charge is 0.390 e. The molecular formula is C22H29O3P. The van der Waals surface area contributed by atoms with Crippen LogP contribution in [-0.2, 0) is 9.30 Å². The van der Waals surface area contributed by atoms with Gasteiger partial charge in [0.25, 0.3) is 0 Å². The van der Waals surface area contributed by atoms with Gasteiger partial charge in [0.15, 0.2) is 0 Å². The molecule has 26 heavy (non-hydrogen) atoms. The van der Waals surface area contributed by atoms with Gasteiger partial charge >= 0.3 is 0 Å². The van der Waals surface area contributed by atoms with E-state index in [4.69, 9.17) is 4.74 Å². The summed E-state index contributed by atoms with van der Waals surface area (Å²) in [5.74, 6) is 0. The molecule has 3 nitrogen and oxygen atoms in total. The summed E-state index contributed by atoms with van der Waals surface area (Å²) in [5.41, 5.74) is -0.535. The van der Waals surface area contributed by atoms with Gasteiger partial charge in [-0.25, -0.2) is 0 Å². The monoisotopic (exact) mass is 372 g/mol. The molecule has 0 aromatic heterocycles. The molecule has 0 bridgehead atoms. The smallest absolute Gasteiger partial charge is 0.146 e. The number of hydrogen-bond donors (Lipinski definition) is 1. The van der Waals surface area contributed by atoms with Crippen LogP contribution in [0.15, 0.2) is 60.7 Å². The number of unbranched alkanes of at least 4 members (excludes halogenated alkanes) is 2. The van der Waals surface area contributed by atoms with Gasteiger partial charge in [-0.15, -0.1) is 0 Å². The average Bonchev–Trinajstić information content (AvgIpc) is 3.34. The van der Waals surface area contributed by atoms with Crippen molar-refractivity contribution in [3.05, 3.63) is 60.7 Å². The fourth-order valence-corrected chi connectivity index (χ4v) is 6.84. The molecule has 2 aromatic carbocycles. The van der Waals surface area contributed by atoms with Crippen LogP contribution in [0.5, 0.6) is 0 Å². The maximum Gasteiger partial charge on any atom is 0.146 e. The standard InChI is InChI=1S/C22H29O3P/c1-3-4-7-16-20(23)21-22(2,25-21)17-26(24,18-12-8-5-9-13-18)19-14-10-6-11-15-19/h5-6,8-15,20-21,23H,3-4,7,16-17H2,1-2H3/t20-,21-,22-/m0/s1. The van der Waals surface area contributed by atoms with Gasteiger partial charge in [0.2, 0.25) is 0 Å². The van der Waals surface area contributed by atoms with E-state index in [1.807, 2.05) is 67.6 Å². The normalized spacial score (nSPS) is 23.6. The van der Waals surface area contributed by atoms with E-state index in [1.54, 1.807) is 0 Å². The topological polar surface area (TPSA) is 49.8 Å². The highest BCUT2D eigenvalue weighted by atomic mass is 31.2. The summed E-state index contributed by atoms with van der Waals surface area (Å²) in [4.78, 5) is 0. The number of aliphatic hydroxyl groups is 1. The summed E-state index contributed by atoms with van der Waals surface area (Å²) in [6.45, 7) is 4.14. The van der Waals surface area contributed by atoms with Crippen molar-refractivity contribution < 1.29 is 14.4 Å². The number of benzene rings is 2. The zero-order chi connectivity index (χ0) is 18.6. The SMILES string of the molecule is CCCCC[C@H](O)[C@@H]1O[C@@]1(C)CP(=O)(c1ccccc1)c1ccccc1. The lowest BCUT2D eigenvalue weighted by molar-refractivity contribution is 0.123. The van der Waals surface area contributed by atoms with Crippen LogP contribution in [0.25, 0.3) is 0 Å². The van der Waals surface area contributed by atoms with Crippen LogP contribution >= 0.6 is 7.14 Å². The summed E-state index contributed by atoms with van der Waals surface area (Å²) < 4.78 is 20.1. The highest BCUT2D eigenvalue weighted by Gasteiger charge is 2.58. The highest BCUT2D eigenvalue weighted by molar-refractivity contribution is 7.78. The van der Waals surface area contributed by atoms with Crippen LogP contribution in [0.4, 0.5) is 0 Å². The molecule has 0 radical (unpaired) electrons. The summed E-state index contributed by atoms with van der Waals surface area (Å²) in [6.07, 6.45) is 3.72. The fourth-order valence-electron chi connectivity index (χ4n) is 3.73. The van der Waals surface area contributed by atoms with Gasteiger partial charge in [-0.2, -0.15) is 0 Å². The minimum atomic E-state index is -2.83. The van der Waals surface area contributed by atoms with Crippen molar-refractivity contribution >= 4 is 17.8 Å². The maximum absolute atomic E-state index is 14.1. The van der Waals surface area contributed by atoms with E-state index < -0.39 is 18.8 Å². The van der Waals surface area contributed by atoms with Crippen LogP contribution < -0.4 is 10.6 Å². The number of rotatable bonds is 9.